The molecule has 1 aliphatic heterocycles. The van der Waals surface area contributed by atoms with E-state index < -0.39 is 39.4 Å². The number of rotatable bonds is 6. The summed E-state index contributed by atoms with van der Waals surface area (Å²) in [6.45, 7) is 5.44. The van der Waals surface area contributed by atoms with Gasteiger partial charge >= 0.3 is 12.3 Å². The molecular weight excluding hydrogens is 611 g/mol. The Hall–Kier alpha value is -3.88. The van der Waals surface area contributed by atoms with E-state index in [1.807, 2.05) is 0 Å². The van der Waals surface area contributed by atoms with Crippen LogP contribution in [-0.2, 0) is 20.9 Å². The number of sulfonamides is 1. The molecule has 0 radical (unpaired) electrons. The van der Waals surface area contributed by atoms with Crippen molar-refractivity contribution in [2.75, 3.05) is 41.7 Å². The van der Waals surface area contributed by atoms with Crippen molar-refractivity contribution in [3.05, 3.63) is 76.9 Å². The minimum absolute atomic E-state index is 0.0113. The van der Waals surface area contributed by atoms with E-state index in [0.717, 1.165) is 12.1 Å². The van der Waals surface area contributed by atoms with Crippen LogP contribution < -0.4 is 15.5 Å². The van der Waals surface area contributed by atoms with E-state index in [9.17, 15) is 31.2 Å². The van der Waals surface area contributed by atoms with Crippen LogP contribution in [0.25, 0.3) is 0 Å². The maximum absolute atomic E-state index is 13.2. The zero-order chi connectivity index (χ0) is 31.6. The summed E-state index contributed by atoms with van der Waals surface area (Å²) in [7, 11) is -3.92. The quantitative estimate of drug-likeness (QED) is 0.324. The van der Waals surface area contributed by atoms with E-state index in [1.165, 1.54) is 34.6 Å². The zero-order valence-corrected chi connectivity index (χ0v) is 25.0. The van der Waals surface area contributed by atoms with Crippen LogP contribution in [0.3, 0.4) is 0 Å². The first kappa shape index (κ1) is 32.0. The van der Waals surface area contributed by atoms with E-state index in [0.29, 0.717) is 11.4 Å². The molecule has 230 valence electrons. The lowest BCUT2D eigenvalue weighted by Crippen LogP contribution is -2.49. The van der Waals surface area contributed by atoms with Gasteiger partial charge in [-0.05, 0) is 75.4 Å². The van der Waals surface area contributed by atoms with Crippen LogP contribution in [0.2, 0.25) is 5.15 Å². The second-order valence-electron chi connectivity index (χ2n) is 10.6. The molecule has 1 aromatic heterocycles. The minimum Gasteiger partial charge on any atom is -0.444 e. The van der Waals surface area contributed by atoms with Gasteiger partial charge in [0.15, 0.2) is 0 Å². The second kappa shape index (κ2) is 12.4. The number of aromatic nitrogens is 1. The number of hydrogen-bond acceptors (Lipinski definition) is 7. The molecule has 0 unspecified atom stereocenters. The van der Waals surface area contributed by atoms with Crippen LogP contribution in [0.1, 0.15) is 36.7 Å². The van der Waals surface area contributed by atoms with E-state index in [-0.39, 0.29) is 47.6 Å². The second-order valence-corrected chi connectivity index (χ2v) is 12.9. The standard InChI is InChI=1S/C28H29ClF3N5O5S/c1-27(2,3)42-26(39)34-21-6-4-5-18(15-21)25(38)33-20-7-9-22(10-8-20)43(40,41)37-13-11-36(12-14-37)24-17-19(28(30,31)32)16-23(29)35-24/h4-10,15-17H,11-14H2,1-3H3,(H,33,38)(H,34,39). The van der Waals surface area contributed by atoms with Gasteiger partial charge in [-0.1, -0.05) is 17.7 Å². The third-order valence-electron chi connectivity index (χ3n) is 6.19. The number of nitrogens with zero attached hydrogens (tertiary/aromatic N) is 3. The Morgan fingerprint density at radius 1 is 0.907 bits per heavy atom. The number of nitrogens with one attached hydrogen (secondary N) is 2. The van der Waals surface area contributed by atoms with Crippen LogP contribution in [0.5, 0.6) is 0 Å². The number of hydrogen-bond donors (Lipinski definition) is 2. The van der Waals surface area contributed by atoms with Crippen molar-refractivity contribution in [2.45, 2.75) is 37.4 Å². The van der Waals surface area contributed by atoms with Gasteiger partial charge in [0, 0.05) is 43.1 Å². The summed E-state index contributed by atoms with van der Waals surface area (Å²) in [6.07, 6.45) is -5.26. The molecule has 10 nitrogen and oxygen atoms in total. The van der Waals surface area contributed by atoms with Crippen molar-refractivity contribution >= 4 is 50.8 Å². The Labute approximate surface area is 251 Å². The summed E-state index contributed by atoms with van der Waals surface area (Å²) < 4.78 is 72.4. The summed E-state index contributed by atoms with van der Waals surface area (Å²) in [5, 5.41) is 4.94. The third-order valence-corrected chi connectivity index (χ3v) is 8.30. The number of anilines is 3. The van der Waals surface area contributed by atoms with Crippen LogP contribution in [-0.4, -0.2) is 61.5 Å². The lowest BCUT2D eigenvalue weighted by atomic mass is 10.2. The van der Waals surface area contributed by atoms with Gasteiger partial charge in [0.1, 0.15) is 16.6 Å². The lowest BCUT2D eigenvalue weighted by Gasteiger charge is -2.35. The summed E-state index contributed by atoms with van der Waals surface area (Å²) in [6, 6.07) is 13.4. The molecule has 43 heavy (non-hydrogen) atoms. The molecule has 0 spiro atoms. The molecule has 2 heterocycles. The topological polar surface area (TPSA) is 121 Å². The Bertz CT molecular complexity index is 1600. The average molecular weight is 640 g/mol. The summed E-state index contributed by atoms with van der Waals surface area (Å²) in [4.78, 5) is 30.3. The number of piperazine rings is 1. The molecule has 0 bridgehead atoms. The van der Waals surface area contributed by atoms with Crippen molar-refractivity contribution < 1.29 is 35.9 Å². The highest BCUT2D eigenvalue weighted by molar-refractivity contribution is 7.89. The van der Waals surface area contributed by atoms with Crippen LogP contribution in [0.15, 0.2) is 65.6 Å². The predicted octanol–water partition coefficient (Wildman–Crippen LogP) is 5.86. The number of benzene rings is 2. The van der Waals surface area contributed by atoms with Crippen LogP contribution >= 0.6 is 11.6 Å². The molecule has 2 aromatic carbocycles. The minimum atomic E-state index is -4.60. The van der Waals surface area contributed by atoms with E-state index in [4.69, 9.17) is 16.3 Å². The van der Waals surface area contributed by atoms with Gasteiger partial charge in [-0.3, -0.25) is 10.1 Å². The third kappa shape index (κ3) is 8.36. The van der Waals surface area contributed by atoms with E-state index in [1.54, 1.807) is 43.9 Å². The fourth-order valence-electron chi connectivity index (χ4n) is 4.19. The highest BCUT2D eigenvalue weighted by Crippen LogP contribution is 2.33. The summed E-state index contributed by atoms with van der Waals surface area (Å²) in [5.74, 6) is -0.467. The number of amides is 2. The fraction of sp³-hybridized carbons (Fsp3) is 0.321. The normalized spacial score (nSPS) is 14.7. The first-order valence-electron chi connectivity index (χ1n) is 13.0. The van der Waals surface area contributed by atoms with Crippen molar-refractivity contribution in [3.8, 4) is 0 Å². The monoisotopic (exact) mass is 639 g/mol. The van der Waals surface area contributed by atoms with E-state index >= 15 is 0 Å². The highest BCUT2D eigenvalue weighted by atomic mass is 35.5. The molecule has 3 aromatic rings. The smallest absolute Gasteiger partial charge is 0.416 e. The number of carbonyl (C=O) groups excluding carboxylic acids is 2. The molecule has 1 saturated heterocycles. The van der Waals surface area contributed by atoms with Gasteiger partial charge in [0.05, 0.1) is 10.5 Å². The van der Waals surface area contributed by atoms with Crippen molar-refractivity contribution in [2.24, 2.45) is 0 Å². The zero-order valence-electron chi connectivity index (χ0n) is 23.4. The number of carbonyl (C=O) groups is 2. The molecule has 0 saturated carbocycles. The SMILES string of the molecule is CC(C)(C)OC(=O)Nc1cccc(C(=O)Nc2ccc(S(=O)(=O)N3CCN(c4cc(C(F)(F)F)cc(Cl)n4)CC3)cc2)c1. The van der Waals surface area contributed by atoms with Gasteiger partial charge < -0.3 is 15.0 Å². The molecule has 2 N–H and O–H groups in total. The van der Waals surface area contributed by atoms with Gasteiger partial charge in [0.25, 0.3) is 5.91 Å². The Kier molecular flexibility index (Phi) is 9.23. The molecule has 0 atom stereocenters. The summed E-state index contributed by atoms with van der Waals surface area (Å²) >= 11 is 5.79. The van der Waals surface area contributed by atoms with Crippen molar-refractivity contribution in [1.29, 1.82) is 0 Å². The molecule has 0 aliphatic carbocycles. The van der Waals surface area contributed by atoms with Gasteiger partial charge in [0.2, 0.25) is 10.0 Å². The van der Waals surface area contributed by atoms with Gasteiger partial charge in [-0.15, -0.1) is 0 Å². The van der Waals surface area contributed by atoms with Gasteiger partial charge in [-0.25, -0.2) is 18.2 Å². The highest BCUT2D eigenvalue weighted by Gasteiger charge is 2.33. The first-order valence-corrected chi connectivity index (χ1v) is 14.8. The molecule has 4 rings (SSSR count). The molecule has 1 fully saturated rings. The maximum Gasteiger partial charge on any atom is 0.416 e. The molecule has 1 aliphatic rings. The maximum atomic E-state index is 13.2. The van der Waals surface area contributed by atoms with E-state index in [2.05, 4.69) is 15.6 Å². The summed E-state index contributed by atoms with van der Waals surface area (Å²) in [5.41, 5.74) is -0.678. The number of pyridine rings is 1. The lowest BCUT2D eigenvalue weighted by molar-refractivity contribution is -0.137. The number of ether oxygens (including phenoxy) is 1. The largest absolute Gasteiger partial charge is 0.444 e. The molecular formula is C28H29ClF3N5O5S. The number of alkyl halides is 3. The van der Waals surface area contributed by atoms with Gasteiger partial charge in [-0.2, -0.15) is 17.5 Å². The molecule has 15 heteroatoms. The Morgan fingerprint density at radius 2 is 1.56 bits per heavy atom. The predicted molar refractivity (Wildman–Crippen MR) is 156 cm³/mol. The Morgan fingerprint density at radius 3 is 2.16 bits per heavy atom. The van der Waals surface area contributed by atoms with Crippen LogP contribution in [0, 0.1) is 0 Å². The van der Waals surface area contributed by atoms with Crippen molar-refractivity contribution in [1.82, 2.24) is 9.29 Å². The van der Waals surface area contributed by atoms with Crippen molar-refractivity contribution in [3.63, 3.8) is 0 Å². The first-order chi connectivity index (χ1) is 20.0. The Balaban J connectivity index is 1.37. The molecule has 2 amide bonds. The fourth-order valence-corrected chi connectivity index (χ4v) is 5.81. The van der Waals surface area contributed by atoms with Crippen LogP contribution in [0.4, 0.5) is 35.2 Å². The average Bonchev–Trinajstić information content (AvgIpc) is 2.91. The number of halogens is 4.